The molecule has 0 saturated carbocycles. The summed E-state index contributed by atoms with van der Waals surface area (Å²) in [5.41, 5.74) is 1.29. The highest BCUT2D eigenvalue weighted by Gasteiger charge is 2.19. The topological polar surface area (TPSA) is 99.3 Å². The van der Waals surface area contributed by atoms with E-state index in [1.807, 2.05) is 6.07 Å². The van der Waals surface area contributed by atoms with Gasteiger partial charge < -0.3 is 10.1 Å². The fourth-order valence-electron chi connectivity index (χ4n) is 1.89. The van der Waals surface area contributed by atoms with Gasteiger partial charge in [0.25, 0.3) is 10.0 Å². The van der Waals surface area contributed by atoms with E-state index < -0.39 is 16.0 Å². The number of anilines is 1. The van der Waals surface area contributed by atoms with Crippen LogP contribution in [0.4, 0.5) is 5.69 Å². The number of thiophene rings is 1. The van der Waals surface area contributed by atoms with Gasteiger partial charge in [0.2, 0.25) is 0 Å². The van der Waals surface area contributed by atoms with Gasteiger partial charge in [-0.1, -0.05) is 0 Å². The summed E-state index contributed by atoms with van der Waals surface area (Å²) in [5, 5.41) is 11.0. The van der Waals surface area contributed by atoms with E-state index >= 15 is 0 Å². The number of carboxylic acid groups (broad SMARTS) is 1. The molecule has 0 fully saturated rings. The van der Waals surface area contributed by atoms with Crippen LogP contribution in [0.3, 0.4) is 0 Å². The Morgan fingerprint density at radius 1 is 1.24 bits per heavy atom. The summed E-state index contributed by atoms with van der Waals surface area (Å²) in [6, 6.07) is 8.09. The highest BCUT2D eigenvalue weighted by atomic mass is 32.2. The molecule has 2 heterocycles. The summed E-state index contributed by atoms with van der Waals surface area (Å²) in [6.45, 7) is 0. The van der Waals surface area contributed by atoms with Gasteiger partial charge in [0.1, 0.15) is 4.21 Å². The van der Waals surface area contributed by atoms with Crippen LogP contribution < -0.4 is 4.72 Å². The molecule has 1 aromatic carbocycles. The Balaban J connectivity index is 1.92. The molecular weight excluding hydrogens is 312 g/mol. The third kappa shape index (κ3) is 2.63. The molecule has 0 saturated heterocycles. The standard InChI is InChI=1S/C13H10N2O4S2/c16-13(17)9-6-12(20-7-9)21(18,19)15-10-1-2-11-8(5-10)3-4-14-11/h1-7,14-15H,(H,16,17). The smallest absolute Gasteiger partial charge is 0.336 e. The molecule has 0 unspecified atom stereocenters. The van der Waals surface area contributed by atoms with Crippen molar-refractivity contribution in [3.05, 3.63) is 47.5 Å². The Hall–Kier alpha value is -2.32. The average Bonchev–Trinajstić information content (AvgIpc) is 3.07. The minimum Gasteiger partial charge on any atom is -0.478 e. The monoisotopic (exact) mass is 322 g/mol. The Morgan fingerprint density at radius 3 is 2.76 bits per heavy atom. The molecule has 3 N–H and O–H groups in total. The lowest BCUT2D eigenvalue weighted by Gasteiger charge is -2.06. The summed E-state index contributed by atoms with van der Waals surface area (Å²) in [7, 11) is -3.78. The fraction of sp³-hybridized carbons (Fsp3) is 0. The van der Waals surface area contributed by atoms with E-state index in [0.717, 1.165) is 28.3 Å². The van der Waals surface area contributed by atoms with Gasteiger partial charge >= 0.3 is 5.97 Å². The van der Waals surface area contributed by atoms with Gasteiger partial charge in [0.15, 0.2) is 0 Å². The molecule has 0 radical (unpaired) electrons. The molecule has 0 spiro atoms. The first-order valence-electron chi connectivity index (χ1n) is 5.87. The molecule has 0 aliphatic carbocycles. The van der Waals surface area contributed by atoms with Crippen LogP contribution in [0.25, 0.3) is 10.9 Å². The lowest BCUT2D eigenvalue weighted by atomic mass is 10.2. The SMILES string of the molecule is O=C(O)c1csc(S(=O)(=O)Nc2ccc3[nH]ccc3c2)c1. The summed E-state index contributed by atoms with van der Waals surface area (Å²) < 4.78 is 26.8. The third-order valence-electron chi connectivity index (χ3n) is 2.89. The molecule has 0 atom stereocenters. The molecule has 0 aliphatic heterocycles. The molecular formula is C13H10N2O4S2. The Kier molecular flexibility index (Phi) is 3.19. The first-order valence-corrected chi connectivity index (χ1v) is 8.24. The number of benzene rings is 1. The van der Waals surface area contributed by atoms with Gasteiger partial charge in [0, 0.05) is 28.2 Å². The number of rotatable bonds is 4. The van der Waals surface area contributed by atoms with Crippen molar-refractivity contribution in [1.82, 2.24) is 4.98 Å². The minimum absolute atomic E-state index is 0.0333. The van der Waals surface area contributed by atoms with Crippen molar-refractivity contribution in [2.24, 2.45) is 0 Å². The van der Waals surface area contributed by atoms with Crippen LogP contribution in [0.15, 0.2) is 46.1 Å². The number of sulfonamides is 1. The van der Waals surface area contributed by atoms with E-state index in [9.17, 15) is 13.2 Å². The summed E-state index contributed by atoms with van der Waals surface area (Å²) in [4.78, 5) is 13.8. The zero-order valence-corrected chi connectivity index (χ0v) is 12.2. The van der Waals surface area contributed by atoms with Crippen LogP contribution in [-0.4, -0.2) is 24.5 Å². The van der Waals surface area contributed by atoms with Crippen molar-refractivity contribution in [3.8, 4) is 0 Å². The van der Waals surface area contributed by atoms with Crippen LogP contribution in [0.2, 0.25) is 0 Å². The van der Waals surface area contributed by atoms with Crippen molar-refractivity contribution in [2.45, 2.75) is 4.21 Å². The first kappa shape index (κ1) is 13.7. The second kappa shape index (κ2) is 4.90. The Morgan fingerprint density at radius 2 is 2.05 bits per heavy atom. The second-order valence-corrected chi connectivity index (χ2v) is 7.17. The number of carbonyl (C=O) groups is 1. The molecule has 0 bridgehead atoms. The van der Waals surface area contributed by atoms with E-state index in [4.69, 9.17) is 5.11 Å². The fourth-order valence-corrected chi connectivity index (χ4v) is 4.09. The molecule has 3 rings (SSSR count). The molecule has 6 nitrogen and oxygen atoms in total. The van der Waals surface area contributed by atoms with Crippen molar-refractivity contribution in [1.29, 1.82) is 0 Å². The number of nitrogens with one attached hydrogen (secondary N) is 2. The van der Waals surface area contributed by atoms with Crippen LogP contribution in [-0.2, 0) is 10.0 Å². The highest BCUT2D eigenvalue weighted by molar-refractivity contribution is 7.94. The molecule has 0 amide bonds. The van der Waals surface area contributed by atoms with E-state index in [1.165, 1.54) is 5.38 Å². The molecule has 2 aromatic heterocycles. The largest absolute Gasteiger partial charge is 0.478 e. The number of hydrogen-bond donors (Lipinski definition) is 3. The molecule has 3 aromatic rings. The predicted octanol–water partition coefficient (Wildman–Crippen LogP) is 2.73. The summed E-state index contributed by atoms with van der Waals surface area (Å²) in [5.74, 6) is -1.15. The predicted molar refractivity (Wildman–Crippen MR) is 80.4 cm³/mol. The number of aromatic amines is 1. The average molecular weight is 322 g/mol. The van der Waals surface area contributed by atoms with Gasteiger partial charge in [-0.25, -0.2) is 13.2 Å². The number of fused-ring (bicyclic) bond motifs is 1. The van der Waals surface area contributed by atoms with E-state index in [-0.39, 0.29) is 9.77 Å². The number of H-pyrrole nitrogens is 1. The quantitative estimate of drug-likeness (QED) is 0.687. The van der Waals surface area contributed by atoms with Gasteiger partial charge in [-0.15, -0.1) is 11.3 Å². The molecule has 8 heteroatoms. The molecule has 21 heavy (non-hydrogen) atoms. The molecule has 108 valence electrons. The zero-order valence-electron chi connectivity index (χ0n) is 10.5. The maximum absolute atomic E-state index is 12.2. The normalized spacial score (nSPS) is 11.6. The zero-order chi connectivity index (χ0) is 15.0. The Labute approximate surface area is 124 Å². The second-order valence-electron chi connectivity index (χ2n) is 4.34. The first-order chi connectivity index (χ1) is 9.95. The maximum Gasteiger partial charge on any atom is 0.336 e. The number of aromatic nitrogens is 1. The van der Waals surface area contributed by atoms with Gasteiger partial charge in [-0.2, -0.15) is 0 Å². The lowest BCUT2D eigenvalue weighted by molar-refractivity contribution is 0.0697. The summed E-state index contributed by atoms with van der Waals surface area (Å²) >= 11 is 0.872. The minimum atomic E-state index is -3.78. The van der Waals surface area contributed by atoms with Gasteiger partial charge in [-0.05, 0) is 30.3 Å². The van der Waals surface area contributed by atoms with Crippen molar-refractivity contribution in [2.75, 3.05) is 4.72 Å². The number of hydrogen-bond acceptors (Lipinski definition) is 4. The highest BCUT2D eigenvalue weighted by Crippen LogP contribution is 2.25. The van der Waals surface area contributed by atoms with E-state index in [2.05, 4.69) is 9.71 Å². The Bertz CT molecular complexity index is 924. The lowest BCUT2D eigenvalue weighted by Crippen LogP contribution is -2.11. The van der Waals surface area contributed by atoms with Crippen LogP contribution in [0.5, 0.6) is 0 Å². The van der Waals surface area contributed by atoms with Crippen molar-refractivity contribution >= 4 is 43.9 Å². The number of carboxylic acids is 1. The van der Waals surface area contributed by atoms with Crippen LogP contribution in [0, 0.1) is 0 Å². The van der Waals surface area contributed by atoms with Crippen LogP contribution >= 0.6 is 11.3 Å². The third-order valence-corrected chi connectivity index (χ3v) is 5.71. The van der Waals surface area contributed by atoms with Gasteiger partial charge in [0.05, 0.1) is 5.56 Å². The van der Waals surface area contributed by atoms with Crippen LogP contribution in [0.1, 0.15) is 10.4 Å². The van der Waals surface area contributed by atoms with E-state index in [0.29, 0.717) is 5.69 Å². The van der Waals surface area contributed by atoms with Crippen molar-refractivity contribution in [3.63, 3.8) is 0 Å². The number of aromatic carboxylic acids is 1. The summed E-state index contributed by atoms with van der Waals surface area (Å²) in [6.07, 6.45) is 1.77. The molecule has 0 aliphatic rings. The van der Waals surface area contributed by atoms with E-state index in [1.54, 1.807) is 24.4 Å². The maximum atomic E-state index is 12.2. The van der Waals surface area contributed by atoms with Crippen molar-refractivity contribution < 1.29 is 18.3 Å². The van der Waals surface area contributed by atoms with Gasteiger partial charge in [-0.3, -0.25) is 4.72 Å².